The number of nitrogens with one attached hydrogen (secondary N) is 1. The molecule has 0 unspecified atom stereocenters. The van der Waals surface area contributed by atoms with Crippen LogP contribution < -0.4 is 14.8 Å². The minimum Gasteiger partial charge on any atom is -0.487 e. The molecule has 0 bridgehead atoms. The number of carbonyl (C=O) groups is 1. The summed E-state index contributed by atoms with van der Waals surface area (Å²) < 4.78 is 17.5. The van der Waals surface area contributed by atoms with Gasteiger partial charge in [-0.3, -0.25) is 0 Å². The number of rotatable bonds is 4. The molecule has 4 rings (SSSR count). The molecule has 0 aliphatic carbocycles. The first-order chi connectivity index (χ1) is 16.6. The van der Waals surface area contributed by atoms with E-state index in [1.165, 1.54) is 0 Å². The van der Waals surface area contributed by atoms with Crippen molar-refractivity contribution in [2.45, 2.75) is 84.5 Å². The van der Waals surface area contributed by atoms with Crippen molar-refractivity contribution in [2.24, 2.45) is 0 Å². The number of hydrogen-bond donors (Lipinski definition) is 1. The Balaban J connectivity index is 0.000000375. The van der Waals surface area contributed by atoms with E-state index in [9.17, 15) is 4.79 Å². The number of piperidine rings is 2. The highest BCUT2D eigenvalue weighted by molar-refractivity contribution is 5.85. The number of likely N-dealkylation sites (tertiary alicyclic amines) is 1. The Labute approximate surface area is 230 Å². The molecular weight excluding hydrogens is 488 g/mol. The number of carbonyl (C=O) groups excluding carboxylic acids is 1. The van der Waals surface area contributed by atoms with Crippen LogP contribution in [0, 0.1) is 0 Å². The van der Waals surface area contributed by atoms with Crippen molar-refractivity contribution in [3.8, 4) is 11.5 Å². The number of amides is 1. The summed E-state index contributed by atoms with van der Waals surface area (Å²) in [5, 5.41) is 3.35. The zero-order valence-corrected chi connectivity index (χ0v) is 23.2. The van der Waals surface area contributed by atoms with Crippen LogP contribution in [0.4, 0.5) is 4.79 Å². The van der Waals surface area contributed by atoms with Crippen molar-refractivity contribution < 1.29 is 19.0 Å². The Kier molecular flexibility index (Phi) is 12.8. The van der Waals surface area contributed by atoms with E-state index in [0.29, 0.717) is 13.1 Å². The number of nitrogens with zero attached hydrogens (tertiary/aromatic N) is 1. The smallest absolute Gasteiger partial charge is 0.410 e. The number of ether oxygens (including phenoxy) is 3. The molecule has 1 N–H and O–H groups in total. The van der Waals surface area contributed by atoms with Crippen LogP contribution in [0.15, 0.2) is 60.7 Å². The van der Waals surface area contributed by atoms with Gasteiger partial charge in [0.2, 0.25) is 0 Å². The summed E-state index contributed by atoms with van der Waals surface area (Å²) in [4.78, 5) is 13.8. The van der Waals surface area contributed by atoms with Gasteiger partial charge >= 0.3 is 6.09 Å². The molecule has 0 saturated carbocycles. The summed E-state index contributed by atoms with van der Waals surface area (Å²) >= 11 is 0. The zero-order chi connectivity index (χ0) is 25.4. The van der Waals surface area contributed by atoms with Gasteiger partial charge in [0.25, 0.3) is 0 Å². The predicted molar refractivity (Wildman–Crippen MR) is 154 cm³/mol. The molecule has 2 fully saturated rings. The van der Waals surface area contributed by atoms with Crippen molar-refractivity contribution in [3.63, 3.8) is 0 Å². The second kappa shape index (κ2) is 14.5. The molecule has 37 heavy (non-hydrogen) atoms. The van der Waals surface area contributed by atoms with E-state index in [4.69, 9.17) is 14.2 Å². The molecule has 2 aliphatic heterocycles. The molecule has 6 nitrogen and oxygen atoms in total. The average molecular weight is 535 g/mol. The molecule has 2 aliphatic rings. The molecule has 0 atom stereocenters. The third-order valence-electron chi connectivity index (χ3n) is 6.35. The lowest BCUT2D eigenvalue weighted by Crippen LogP contribution is -2.49. The van der Waals surface area contributed by atoms with Gasteiger partial charge in [-0.1, -0.05) is 43.8 Å². The van der Waals surface area contributed by atoms with E-state index in [2.05, 4.69) is 19.2 Å². The summed E-state index contributed by atoms with van der Waals surface area (Å²) in [6, 6.07) is 19.9. The first-order valence-electron chi connectivity index (χ1n) is 12.7. The van der Waals surface area contributed by atoms with Crippen LogP contribution in [0.5, 0.6) is 11.5 Å². The number of hydrogen-bond acceptors (Lipinski definition) is 5. The lowest BCUT2D eigenvalue weighted by molar-refractivity contribution is -0.00982. The normalized spacial score (nSPS) is 18.0. The van der Waals surface area contributed by atoms with E-state index in [1.54, 1.807) is 4.90 Å². The van der Waals surface area contributed by atoms with E-state index in [1.807, 2.05) is 81.4 Å². The maximum absolute atomic E-state index is 12.0. The SMILES string of the molecule is C.CC(C)(C)OC(=O)N1CCC(C)(Oc2ccccc2)CC1.CC1(Oc2ccccc2)CCNCC1.Cl. The van der Waals surface area contributed by atoms with Crippen LogP contribution in [0.25, 0.3) is 0 Å². The summed E-state index contributed by atoms with van der Waals surface area (Å²) in [6.45, 7) is 13.4. The van der Waals surface area contributed by atoms with Crippen molar-refractivity contribution in [1.82, 2.24) is 10.2 Å². The van der Waals surface area contributed by atoms with E-state index < -0.39 is 5.60 Å². The van der Waals surface area contributed by atoms with Gasteiger partial charge < -0.3 is 24.4 Å². The highest BCUT2D eigenvalue weighted by Crippen LogP contribution is 2.29. The molecule has 2 aromatic rings. The number of para-hydroxylation sites is 2. The van der Waals surface area contributed by atoms with Gasteiger partial charge in [0.05, 0.1) is 0 Å². The minimum atomic E-state index is -0.446. The molecule has 0 aromatic heterocycles. The van der Waals surface area contributed by atoms with Crippen LogP contribution in [0.1, 0.15) is 67.7 Å². The molecular formula is C30H47ClN2O4. The molecule has 208 valence electrons. The lowest BCUT2D eigenvalue weighted by atomic mass is 9.93. The topological polar surface area (TPSA) is 60.0 Å². The minimum absolute atomic E-state index is 0. The number of halogens is 1. The highest BCUT2D eigenvalue weighted by Gasteiger charge is 2.35. The third kappa shape index (κ3) is 11.2. The van der Waals surface area contributed by atoms with Crippen molar-refractivity contribution >= 4 is 18.5 Å². The maximum Gasteiger partial charge on any atom is 0.410 e. The number of benzene rings is 2. The summed E-state index contributed by atoms with van der Waals surface area (Å²) in [6.07, 6.45) is 3.55. The van der Waals surface area contributed by atoms with Gasteiger partial charge in [0, 0.05) is 25.9 Å². The second-order valence-electron chi connectivity index (χ2n) is 10.9. The van der Waals surface area contributed by atoms with Gasteiger partial charge in [-0.15, -0.1) is 12.4 Å². The quantitative estimate of drug-likeness (QED) is 0.452. The van der Waals surface area contributed by atoms with Gasteiger partial charge in [-0.2, -0.15) is 0 Å². The Bertz CT molecular complexity index is 904. The zero-order valence-electron chi connectivity index (χ0n) is 22.4. The largest absolute Gasteiger partial charge is 0.487 e. The molecule has 2 heterocycles. The Morgan fingerprint density at radius 3 is 1.59 bits per heavy atom. The molecule has 0 radical (unpaired) electrons. The highest BCUT2D eigenvalue weighted by atomic mass is 35.5. The molecule has 7 heteroatoms. The van der Waals surface area contributed by atoms with Gasteiger partial charge in [0.1, 0.15) is 28.3 Å². The molecule has 1 amide bonds. The van der Waals surface area contributed by atoms with Gasteiger partial charge in [0.15, 0.2) is 0 Å². The molecule has 0 spiro atoms. The molecule has 2 aromatic carbocycles. The van der Waals surface area contributed by atoms with Crippen LogP contribution in [-0.2, 0) is 4.74 Å². The standard InChI is InChI=1S/C17H25NO3.C12H17NO.CH4.ClH/c1-16(2,3)21-15(19)18-12-10-17(4,11-13-18)20-14-8-6-5-7-9-14;1-12(7-9-13-10-8-12)14-11-5-3-2-4-6-11;;/h5-9H,10-13H2,1-4H3;2-6,13H,7-10H2,1H3;1H4;1H. The van der Waals surface area contributed by atoms with Crippen LogP contribution in [0.2, 0.25) is 0 Å². The van der Waals surface area contributed by atoms with Crippen LogP contribution >= 0.6 is 12.4 Å². The summed E-state index contributed by atoms with van der Waals surface area (Å²) in [5.74, 6) is 1.86. The van der Waals surface area contributed by atoms with Gasteiger partial charge in [-0.05, 0) is 84.8 Å². The van der Waals surface area contributed by atoms with Crippen LogP contribution in [0.3, 0.4) is 0 Å². The van der Waals surface area contributed by atoms with Gasteiger partial charge in [-0.25, -0.2) is 4.79 Å². The second-order valence-corrected chi connectivity index (χ2v) is 10.9. The Morgan fingerprint density at radius 2 is 1.19 bits per heavy atom. The van der Waals surface area contributed by atoms with Crippen molar-refractivity contribution in [2.75, 3.05) is 26.2 Å². The molecule has 2 saturated heterocycles. The fraction of sp³-hybridized carbons (Fsp3) is 0.567. The van der Waals surface area contributed by atoms with E-state index >= 15 is 0 Å². The first-order valence-corrected chi connectivity index (χ1v) is 12.7. The predicted octanol–water partition coefficient (Wildman–Crippen LogP) is 7.12. The Hall–Kier alpha value is -2.44. The summed E-state index contributed by atoms with van der Waals surface area (Å²) in [7, 11) is 0. The monoisotopic (exact) mass is 534 g/mol. The van der Waals surface area contributed by atoms with Crippen molar-refractivity contribution in [1.29, 1.82) is 0 Å². The van der Waals surface area contributed by atoms with E-state index in [-0.39, 0.29) is 37.1 Å². The fourth-order valence-corrected chi connectivity index (χ4v) is 4.19. The lowest BCUT2D eigenvalue weighted by Gasteiger charge is -2.39. The average Bonchev–Trinajstić information content (AvgIpc) is 2.80. The fourth-order valence-electron chi connectivity index (χ4n) is 4.19. The third-order valence-corrected chi connectivity index (χ3v) is 6.35. The Morgan fingerprint density at radius 1 is 0.784 bits per heavy atom. The van der Waals surface area contributed by atoms with Crippen LogP contribution in [-0.4, -0.2) is 54.0 Å². The maximum atomic E-state index is 12.0. The van der Waals surface area contributed by atoms with E-state index in [0.717, 1.165) is 50.3 Å². The summed E-state index contributed by atoms with van der Waals surface area (Å²) in [5.41, 5.74) is -0.648. The first kappa shape index (κ1) is 32.6. The van der Waals surface area contributed by atoms with Crippen molar-refractivity contribution in [3.05, 3.63) is 60.7 Å².